The Bertz CT molecular complexity index is 348. The molecule has 0 atom stereocenters. The fraction of sp³-hybridized carbons (Fsp3) is 0.364. The zero-order valence-corrected chi connectivity index (χ0v) is 9.13. The first kappa shape index (κ1) is 11.9. The van der Waals surface area contributed by atoms with Crippen molar-refractivity contribution in [3.8, 4) is 0 Å². The third-order valence-corrected chi connectivity index (χ3v) is 2.69. The van der Waals surface area contributed by atoms with Crippen molar-refractivity contribution in [2.75, 3.05) is 0 Å². The summed E-state index contributed by atoms with van der Waals surface area (Å²) in [6.45, 7) is 0. The first-order chi connectivity index (χ1) is 7.11. The highest BCUT2D eigenvalue weighted by molar-refractivity contribution is 6.31. The molecule has 0 heterocycles. The molecule has 3 nitrogen and oxygen atoms in total. The Kier molecular flexibility index (Phi) is 4.43. The van der Waals surface area contributed by atoms with E-state index in [1.54, 1.807) is 0 Å². The molecule has 1 aromatic rings. The van der Waals surface area contributed by atoms with Crippen LogP contribution in [0.3, 0.4) is 0 Å². The predicted octanol–water partition coefficient (Wildman–Crippen LogP) is 2.84. The Morgan fingerprint density at radius 3 is 2.53 bits per heavy atom. The Labute approximate surface area is 93.9 Å². The van der Waals surface area contributed by atoms with Gasteiger partial charge in [-0.1, -0.05) is 23.7 Å². The Balaban J connectivity index is 0.000000245. The van der Waals surface area contributed by atoms with Gasteiger partial charge in [0.05, 0.1) is 0 Å². The quantitative estimate of drug-likeness (QED) is 0.716. The maximum atomic E-state index is 8.78. The van der Waals surface area contributed by atoms with Gasteiger partial charge in [0.25, 0.3) is 0 Å². The van der Waals surface area contributed by atoms with Crippen LogP contribution in [0.4, 0.5) is 4.79 Å². The highest BCUT2D eigenvalue weighted by Gasteiger charge is 2.10. The lowest BCUT2D eigenvalue weighted by Gasteiger charge is -2.15. The van der Waals surface area contributed by atoms with Gasteiger partial charge in [0.1, 0.15) is 0 Å². The molecule has 1 aromatic carbocycles. The molecule has 0 unspecified atom stereocenters. The fourth-order valence-electron chi connectivity index (χ4n) is 1.73. The maximum Gasteiger partial charge on any atom is 0.402 e. The zero-order valence-electron chi connectivity index (χ0n) is 8.37. The van der Waals surface area contributed by atoms with Gasteiger partial charge < -0.3 is 10.8 Å². The Morgan fingerprint density at radius 1 is 1.33 bits per heavy atom. The molecule has 0 spiro atoms. The van der Waals surface area contributed by atoms with E-state index in [-0.39, 0.29) is 0 Å². The summed E-state index contributed by atoms with van der Waals surface area (Å²) in [5.41, 5.74) is 6.88. The number of primary amides is 1. The number of rotatable bonds is 0. The van der Waals surface area contributed by atoms with Crippen LogP contribution >= 0.6 is 11.6 Å². The molecule has 0 saturated carbocycles. The van der Waals surface area contributed by atoms with Gasteiger partial charge in [-0.15, -0.1) is 0 Å². The molecule has 0 saturated heterocycles. The van der Waals surface area contributed by atoms with E-state index in [9.17, 15) is 0 Å². The molecule has 0 bridgehead atoms. The molecular formula is C11H14ClNO2. The van der Waals surface area contributed by atoms with Crippen LogP contribution in [-0.2, 0) is 12.8 Å². The number of aryl methyl sites for hydroxylation is 1. The SMILES string of the molecule is Clc1cccc2c1CCCC2.NC(=O)O. The topological polar surface area (TPSA) is 63.3 Å². The number of hydrogen-bond acceptors (Lipinski definition) is 1. The monoisotopic (exact) mass is 227 g/mol. The van der Waals surface area contributed by atoms with E-state index in [2.05, 4.69) is 11.8 Å². The van der Waals surface area contributed by atoms with Gasteiger partial charge in [-0.05, 0) is 42.9 Å². The van der Waals surface area contributed by atoms with Gasteiger partial charge in [0.2, 0.25) is 0 Å². The van der Waals surface area contributed by atoms with Crippen LogP contribution in [0.2, 0.25) is 5.02 Å². The van der Waals surface area contributed by atoms with Crippen LogP contribution in [0.5, 0.6) is 0 Å². The van der Waals surface area contributed by atoms with Gasteiger partial charge in [0.15, 0.2) is 0 Å². The van der Waals surface area contributed by atoms with E-state index in [4.69, 9.17) is 21.5 Å². The van der Waals surface area contributed by atoms with Crippen molar-refractivity contribution in [2.45, 2.75) is 25.7 Å². The summed E-state index contributed by atoms with van der Waals surface area (Å²) in [5, 5.41) is 8.15. The second-order valence-electron chi connectivity index (χ2n) is 3.42. The van der Waals surface area contributed by atoms with E-state index in [1.807, 2.05) is 12.1 Å². The van der Waals surface area contributed by atoms with Crippen molar-refractivity contribution in [3.05, 3.63) is 34.3 Å². The number of carbonyl (C=O) groups is 1. The average molecular weight is 228 g/mol. The molecule has 82 valence electrons. The number of fused-ring (bicyclic) bond motifs is 1. The summed E-state index contributed by atoms with van der Waals surface area (Å²) in [6.07, 6.45) is 3.69. The molecule has 0 fully saturated rings. The molecule has 0 aliphatic heterocycles. The predicted molar refractivity (Wildman–Crippen MR) is 60.3 cm³/mol. The molecule has 2 rings (SSSR count). The number of carboxylic acid groups (broad SMARTS) is 1. The minimum absolute atomic E-state index is 0.960. The van der Waals surface area contributed by atoms with Crippen molar-refractivity contribution in [2.24, 2.45) is 5.73 Å². The molecule has 0 radical (unpaired) electrons. The van der Waals surface area contributed by atoms with Gasteiger partial charge in [-0.2, -0.15) is 0 Å². The minimum atomic E-state index is -1.33. The number of amides is 1. The number of hydrogen-bond donors (Lipinski definition) is 2. The van der Waals surface area contributed by atoms with Gasteiger partial charge in [-0.3, -0.25) is 0 Å². The Morgan fingerprint density at radius 2 is 1.93 bits per heavy atom. The largest absolute Gasteiger partial charge is 0.465 e. The van der Waals surface area contributed by atoms with Crippen LogP contribution < -0.4 is 5.73 Å². The highest BCUT2D eigenvalue weighted by atomic mass is 35.5. The van der Waals surface area contributed by atoms with E-state index in [0.29, 0.717) is 0 Å². The van der Waals surface area contributed by atoms with Crippen molar-refractivity contribution in [1.29, 1.82) is 0 Å². The third-order valence-electron chi connectivity index (χ3n) is 2.34. The molecular weight excluding hydrogens is 214 g/mol. The van der Waals surface area contributed by atoms with Gasteiger partial charge in [-0.25, -0.2) is 4.79 Å². The highest BCUT2D eigenvalue weighted by Crippen LogP contribution is 2.27. The first-order valence-corrected chi connectivity index (χ1v) is 5.23. The maximum absolute atomic E-state index is 8.78. The summed E-state index contributed by atoms with van der Waals surface area (Å²) in [7, 11) is 0. The van der Waals surface area contributed by atoms with E-state index in [1.165, 1.54) is 36.8 Å². The lowest BCUT2D eigenvalue weighted by atomic mass is 9.92. The molecule has 3 N–H and O–H groups in total. The summed E-state index contributed by atoms with van der Waals surface area (Å²) in [5.74, 6) is 0. The normalized spacial score (nSPS) is 13.4. The summed E-state index contributed by atoms with van der Waals surface area (Å²) in [6, 6.07) is 6.23. The number of halogens is 1. The zero-order chi connectivity index (χ0) is 11.3. The lowest BCUT2D eigenvalue weighted by Crippen LogP contribution is -2.03. The summed E-state index contributed by atoms with van der Waals surface area (Å²) in [4.78, 5) is 8.78. The standard InChI is InChI=1S/C10H11Cl.CH3NO2/c11-10-7-3-5-8-4-1-2-6-9(8)10;2-1(3)4/h3,5,7H,1-2,4,6H2;2H2,(H,3,4). The van der Waals surface area contributed by atoms with E-state index in [0.717, 1.165) is 5.02 Å². The molecule has 0 aromatic heterocycles. The van der Waals surface area contributed by atoms with Crippen molar-refractivity contribution in [1.82, 2.24) is 0 Å². The van der Waals surface area contributed by atoms with Crippen molar-refractivity contribution < 1.29 is 9.90 Å². The first-order valence-electron chi connectivity index (χ1n) is 4.86. The molecule has 1 amide bonds. The molecule has 1 aliphatic rings. The van der Waals surface area contributed by atoms with E-state index < -0.39 is 6.09 Å². The summed E-state index contributed by atoms with van der Waals surface area (Å²) >= 11 is 6.04. The average Bonchev–Trinajstić information content (AvgIpc) is 2.18. The van der Waals surface area contributed by atoms with Crippen molar-refractivity contribution >= 4 is 17.7 Å². The third kappa shape index (κ3) is 3.80. The van der Waals surface area contributed by atoms with Crippen LogP contribution in [0, 0.1) is 0 Å². The second-order valence-corrected chi connectivity index (χ2v) is 3.83. The van der Waals surface area contributed by atoms with E-state index >= 15 is 0 Å². The molecule has 1 aliphatic carbocycles. The smallest absolute Gasteiger partial charge is 0.402 e. The molecule has 4 heteroatoms. The number of benzene rings is 1. The molecule has 15 heavy (non-hydrogen) atoms. The van der Waals surface area contributed by atoms with Gasteiger partial charge >= 0.3 is 6.09 Å². The second kappa shape index (κ2) is 5.61. The lowest BCUT2D eigenvalue weighted by molar-refractivity contribution is 0.205. The van der Waals surface area contributed by atoms with Gasteiger partial charge in [0, 0.05) is 5.02 Å². The van der Waals surface area contributed by atoms with Crippen LogP contribution in [0.15, 0.2) is 18.2 Å². The van der Waals surface area contributed by atoms with Crippen LogP contribution in [0.25, 0.3) is 0 Å². The Hall–Kier alpha value is -1.22. The fourth-order valence-corrected chi connectivity index (χ4v) is 2.02. The van der Waals surface area contributed by atoms with Crippen molar-refractivity contribution in [3.63, 3.8) is 0 Å². The summed E-state index contributed by atoms with van der Waals surface area (Å²) < 4.78 is 0. The number of nitrogens with two attached hydrogens (primary N) is 1. The minimum Gasteiger partial charge on any atom is -0.465 e. The van der Waals surface area contributed by atoms with Crippen LogP contribution in [0.1, 0.15) is 24.0 Å². The van der Waals surface area contributed by atoms with Crippen LogP contribution in [-0.4, -0.2) is 11.2 Å².